The third kappa shape index (κ3) is 4.12. The van der Waals surface area contributed by atoms with Crippen molar-refractivity contribution < 1.29 is 24.2 Å². The third-order valence-electron chi connectivity index (χ3n) is 3.85. The molecule has 1 N–H and O–H groups in total. The van der Waals surface area contributed by atoms with Gasteiger partial charge in [-0.3, -0.25) is 10.1 Å². The largest absolute Gasteiger partial charge is 0.493 e. The van der Waals surface area contributed by atoms with E-state index >= 15 is 0 Å². The zero-order chi connectivity index (χ0) is 19.3. The van der Waals surface area contributed by atoms with Crippen LogP contribution >= 0.6 is 0 Å². The molecule has 0 saturated heterocycles. The second-order valence-electron chi connectivity index (χ2n) is 5.54. The van der Waals surface area contributed by atoms with Crippen molar-refractivity contribution in [1.82, 2.24) is 0 Å². The molecule has 1 unspecified atom stereocenters. The highest BCUT2D eigenvalue weighted by molar-refractivity contribution is 5.85. The van der Waals surface area contributed by atoms with Gasteiger partial charge in [0.15, 0.2) is 11.5 Å². The minimum Gasteiger partial charge on any atom is -0.493 e. The molecule has 1 atom stereocenters. The number of non-ortho nitro benzene ring substituents is 1. The summed E-state index contributed by atoms with van der Waals surface area (Å²) in [6.07, 6.45) is 0.871. The molecule has 0 fully saturated rings. The number of aliphatic hydroxyl groups excluding tert-OH is 1. The summed E-state index contributed by atoms with van der Waals surface area (Å²) in [7, 11) is 4.52. The van der Waals surface area contributed by atoms with E-state index in [-0.39, 0.29) is 5.69 Å². The Balaban J connectivity index is 2.60. The van der Waals surface area contributed by atoms with Gasteiger partial charge in [-0.05, 0) is 41.8 Å². The summed E-state index contributed by atoms with van der Waals surface area (Å²) in [6.45, 7) is 1.62. The summed E-state index contributed by atoms with van der Waals surface area (Å²) < 4.78 is 16.0. The lowest BCUT2D eigenvalue weighted by molar-refractivity contribution is -0.384. The fourth-order valence-corrected chi connectivity index (χ4v) is 2.60. The highest BCUT2D eigenvalue weighted by Crippen LogP contribution is 2.40. The van der Waals surface area contributed by atoms with Crippen LogP contribution in [0.3, 0.4) is 0 Å². The van der Waals surface area contributed by atoms with E-state index in [1.165, 1.54) is 33.5 Å². The maximum Gasteiger partial charge on any atom is 0.270 e. The number of nitro groups is 1. The van der Waals surface area contributed by atoms with Gasteiger partial charge in [-0.1, -0.05) is 12.1 Å². The summed E-state index contributed by atoms with van der Waals surface area (Å²) in [5.41, 5.74) is 1.79. The molecule has 2 rings (SSSR count). The molecule has 138 valence electrons. The van der Waals surface area contributed by atoms with E-state index in [9.17, 15) is 15.2 Å². The van der Waals surface area contributed by atoms with Gasteiger partial charge in [0.05, 0.1) is 32.4 Å². The Kier molecular flexibility index (Phi) is 6.19. The van der Waals surface area contributed by atoms with Gasteiger partial charge in [0.2, 0.25) is 5.75 Å². The Morgan fingerprint density at radius 2 is 1.73 bits per heavy atom. The molecule has 7 nitrogen and oxygen atoms in total. The van der Waals surface area contributed by atoms with Gasteiger partial charge in [0.25, 0.3) is 5.69 Å². The fraction of sp³-hybridized carbons (Fsp3) is 0.263. The Morgan fingerprint density at radius 1 is 1.12 bits per heavy atom. The average Bonchev–Trinajstić information content (AvgIpc) is 2.64. The van der Waals surface area contributed by atoms with Crippen LogP contribution in [0.2, 0.25) is 0 Å². The predicted octanol–water partition coefficient (Wildman–Crippen LogP) is 3.54. The topological polar surface area (TPSA) is 91.1 Å². The van der Waals surface area contributed by atoms with E-state index < -0.39 is 11.0 Å². The minimum absolute atomic E-state index is 0.0198. The first-order valence-electron chi connectivity index (χ1n) is 7.85. The van der Waals surface area contributed by atoms with Crippen LogP contribution in [-0.4, -0.2) is 37.5 Å². The highest BCUT2D eigenvalue weighted by Gasteiger charge is 2.17. The number of methoxy groups -OCH3 is 3. The molecule has 0 amide bonds. The fourth-order valence-electron chi connectivity index (χ4n) is 2.60. The molecule has 0 saturated carbocycles. The number of rotatable bonds is 7. The number of nitro benzene ring substituents is 1. The van der Waals surface area contributed by atoms with Crippen molar-refractivity contribution in [3.05, 3.63) is 57.6 Å². The first kappa shape index (κ1) is 19.3. The maximum atomic E-state index is 11.0. The molecule has 0 aliphatic heterocycles. The van der Waals surface area contributed by atoms with Gasteiger partial charge in [0.1, 0.15) is 0 Å². The molecule has 7 heteroatoms. The summed E-state index contributed by atoms with van der Waals surface area (Å²) in [5, 5.41) is 21.2. The van der Waals surface area contributed by atoms with Crippen LogP contribution in [0.4, 0.5) is 5.69 Å². The number of ether oxygens (including phenoxy) is 3. The Bertz CT molecular complexity index is 804. The maximum absolute atomic E-state index is 11.0. The van der Waals surface area contributed by atoms with Gasteiger partial charge >= 0.3 is 0 Å². The summed E-state index contributed by atoms with van der Waals surface area (Å²) >= 11 is 0. The molecule has 0 heterocycles. The van der Waals surface area contributed by atoms with Crippen molar-refractivity contribution in [2.45, 2.75) is 13.0 Å². The first-order chi connectivity index (χ1) is 12.4. The lowest BCUT2D eigenvalue weighted by Crippen LogP contribution is -2.05. The molecule has 0 aliphatic carbocycles. The minimum atomic E-state index is -0.822. The molecular weight excluding hydrogens is 338 g/mol. The average molecular weight is 359 g/mol. The molecule has 0 spiro atoms. The zero-order valence-electron chi connectivity index (χ0n) is 15.1. The van der Waals surface area contributed by atoms with E-state index in [0.29, 0.717) is 33.9 Å². The summed E-state index contributed by atoms with van der Waals surface area (Å²) in [6, 6.07) is 9.62. The van der Waals surface area contributed by atoms with Crippen LogP contribution in [0.15, 0.2) is 36.4 Å². The molecule has 2 aromatic carbocycles. The normalized spacial score (nSPS) is 12.4. The Hall–Kier alpha value is -3.06. The zero-order valence-corrected chi connectivity index (χ0v) is 15.1. The SMILES string of the molecule is COc1cc(/C(=C/c2cccc([N+](=O)[O-])c2)C(C)O)cc(OC)c1OC. The highest BCUT2D eigenvalue weighted by atomic mass is 16.6. The van der Waals surface area contributed by atoms with Crippen molar-refractivity contribution >= 4 is 17.3 Å². The molecule has 0 aliphatic rings. The van der Waals surface area contributed by atoms with Gasteiger partial charge < -0.3 is 19.3 Å². The van der Waals surface area contributed by atoms with Crippen molar-refractivity contribution in [3.8, 4) is 17.2 Å². The van der Waals surface area contributed by atoms with E-state index in [1.54, 1.807) is 37.3 Å². The smallest absolute Gasteiger partial charge is 0.270 e. The Morgan fingerprint density at radius 3 is 2.19 bits per heavy atom. The van der Waals surface area contributed by atoms with Gasteiger partial charge in [-0.25, -0.2) is 0 Å². The molecule has 2 aromatic rings. The van der Waals surface area contributed by atoms with E-state index in [0.717, 1.165) is 0 Å². The number of aliphatic hydroxyl groups is 1. The molecule has 0 bridgehead atoms. The number of nitrogens with zero attached hydrogens (tertiary/aromatic N) is 1. The molecule has 0 radical (unpaired) electrons. The van der Waals surface area contributed by atoms with Crippen molar-refractivity contribution in [3.63, 3.8) is 0 Å². The van der Waals surface area contributed by atoms with Crippen LogP contribution in [0, 0.1) is 10.1 Å². The molecule has 26 heavy (non-hydrogen) atoms. The Labute approximate surface area is 151 Å². The standard InChI is InChI=1S/C19H21NO6/c1-12(21)16(9-13-6-5-7-15(8-13)20(22)23)14-10-17(24-2)19(26-4)18(11-14)25-3/h5-12,21H,1-4H3/b16-9+. The second-order valence-corrected chi connectivity index (χ2v) is 5.54. The lowest BCUT2D eigenvalue weighted by atomic mass is 9.97. The van der Waals surface area contributed by atoms with Gasteiger partial charge in [-0.2, -0.15) is 0 Å². The lowest BCUT2D eigenvalue weighted by Gasteiger charge is -2.17. The number of benzene rings is 2. The van der Waals surface area contributed by atoms with Crippen molar-refractivity contribution in [2.24, 2.45) is 0 Å². The quantitative estimate of drug-likeness (QED) is 0.462. The van der Waals surface area contributed by atoms with Crippen LogP contribution in [-0.2, 0) is 0 Å². The van der Waals surface area contributed by atoms with Crippen LogP contribution in [0.1, 0.15) is 18.1 Å². The van der Waals surface area contributed by atoms with E-state index in [1.807, 2.05) is 0 Å². The van der Waals surface area contributed by atoms with E-state index in [2.05, 4.69) is 0 Å². The van der Waals surface area contributed by atoms with Gasteiger partial charge in [0, 0.05) is 12.1 Å². The number of hydrogen-bond donors (Lipinski definition) is 1. The molecule has 0 aromatic heterocycles. The van der Waals surface area contributed by atoms with Crippen LogP contribution in [0.25, 0.3) is 11.6 Å². The molecular formula is C19H21NO6. The van der Waals surface area contributed by atoms with Crippen molar-refractivity contribution in [1.29, 1.82) is 0 Å². The predicted molar refractivity (Wildman–Crippen MR) is 98.7 cm³/mol. The second kappa shape index (κ2) is 8.35. The first-order valence-corrected chi connectivity index (χ1v) is 7.85. The van der Waals surface area contributed by atoms with Crippen molar-refractivity contribution in [2.75, 3.05) is 21.3 Å². The summed E-state index contributed by atoms with van der Waals surface area (Å²) in [4.78, 5) is 10.5. The number of hydrogen-bond acceptors (Lipinski definition) is 6. The van der Waals surface area contributed by atoms with Crippen LogP contribution in [0.5, 0.6) is 17.2 Å². The van der Waals surface area contributed by atoms with E-state index in [4.69, 9.17) is 14.2 Å². The van der Waals surface area contributed by atoms with Crippen LogP contribution < -0.4 is 14.2 Å². The monoisotopic (exact) mass is 359 g/mol. The van der Waals surface area contributed by atoms with Gasteiger partial charge in [-0.15, -0.1) is 0 Å². The third-order valence-corrected chi connectivity index (χ3v) is 3.85. The summed E-state index contributed by atoms with van der Waals surface area (Å²) in [5.74, 6) is 1.35.